The topological polar surface area (TPSA) is 69.7 Å². The van der Waals surface area contributed by atoms with Gasteiger partial charge in [0.2, 0.25) is 5.91 Å². The van der Waals surface area contributed by atoms with Crippen LogP contribution in [-0.2, 0) is 28.0 Å². The Labute approximate surface area is 177 Å². The molecule has 0 radical (unpaired) electrons. The number of hydrogen-bond donors (Lipinski definition) is 1. The summed E-state index contributed by atoms with van der Waals surface area (Å²) in [6, 6.07) is 15.7. The predicted molar refractivity (Wildman–Crippen MR) is 114 cm³/mol. The van der Waals surface area contributed by atoms with Crippen molar-refractivity contribution in [3.05, 3.63) is 71.5 Å². The Bertz CT molecular complexity index is 936. The van der Waals surface area contributed by atoms with Crippen LogP contribution in [0.5, 0.6) is 0 Å². The summed E-state index contributed by atoms with van der Waals surface area (Å²) in [5.74, 6) is -0.664. The van der Waals surface area contributed by atoms with E-state index in [1.807, 2.05) is 37.3 Å². The van der Waals surface area contributed by atoms with Gasteiger partial charge in [0.05, 0.1) is 6.54 Å². The van der Waals surface area contributed by atoms with Gasteiger partial charge in [0, 0.05) is 25.7 Å². The molecule has 1 fully saturated rings. The lowest BCUT2D eigenvalue weighted by molar-refractivity contribution is -0.122. The van der Waals surface area contributed by atoms with Crippen molar-refractivity contribution in [2.45, 2.75) is 38.8 Å². The van der Waals surface area contributed by atoms with Crippen LogP contribution in [0.3, 0.4) is 0 Å². The monoisotopic (exact) mass is 433 g/mol. The number of carbonyl (C=O) groups is 1. The van der Waals surface area contributed by atoms with Gasteiger partial charge in [0.1, 0.15) is 5.82 Å². The highest BCUT2D eigenvalue weighted by atomic mass is 32.2. The molecule has 1 N–H and O–H groups in total. The molecule has 0 aliphatic carbocycles. The largest absolute Gasteiger partial charge is 0.352 e. The summed E-state index contributed by atoms with van der Waals surface area (Å²) in [6.07, 6.45) is 2.26. The van der Waals surface area contributed by atoms with Crippen molar-refractivity contribution in [3.63, 3.8) is 0 Å². The molecule has 30 heavy (non-hydrogen) atoms. The number of carbonyl (C=O) groups excluding carboxylic acids is 1. The van der Waals surface area contributed by atoms with Gasteiger partial charge >= 0.3 is 0 Å². The van der Waals surface area contributed by atoms with E-state index in [-0.39, 0.29) is 30.9 Å². The molecule has 2 aromatic carbocycles. The van der Waals surface area contributed by atoms with Gasteiger partial charge in [-0.1, -0.05) is 42.5 Å². The third-order valence-corrected chi connectivity index (χ3v) is 7.10. The highest BCUT2D eigenvalue weighted by Gasteiger charge is 2.34. The zero-order valence-corrected chi connectivity index (χ0v) is 17.9. The van der Waals surface area contributed by atoms with E-state index in [0.717, 1.165) is 12.8 Å². The molecule has 3 rings (SSSR count). The van der Waals surface area contributed by atoms with Gasteiger partial charge < -0.3 is 5.32 Å². The Morgan fingerprint density at radius 2 is 1.70 bits per heavy atom. The SMILES string of the molecule is CC(CCc1ccccc1)NC(=O)CN1CCCN(Cc2ccc(F)cc2)S1(=O)=O. The molecular formula is C22H28FN3O3S. The van der Waals surface area contributed by atoms with Gasteiger partial charge in [0.25, 0.3) is 10.2 Å². The summed E-state index contributed by atoms with van der Waals surface area (Å²) in [5.41, 5.74) is 1.91. The second-order valence-electron chi connectivity index (χ2n) is 7.65. The van der Waals surface area contributed by atoms with Crippen LogP contribution in [0.2, 0.25) is 0 Å². The minimum atomic E-state index is -3.75. The molecule has 162 valence electrons. The Balaban J connectivity index is 1.53. The molecule has 1 unspecified atom stereocenters. The number of nitrogens with zero attached hydrogens (tertiary/aromatic N) is 2. The highest BCUT2D eigenvalue weighted by molar-refractivity contribution is 7.86. The molecule has 1 heterocycles. The first kappa shape index (κ1) is 22.4. The van der Waals surface area contributed by atoms with Crippen LogP contribution in [0.15, 0.2) is 54.6 Å². The molecule has 8 heteroatoms. The summed E-state index contributed by atoms with van der Waals surface area (Å²) in [7, 11) is -3.75. The van der Waals surface area contributed by atoms with Crippen molar-refractivity contribution in [2.24, 2.45) is 0 Å². The van der Waals surface area contributed by atoms with Crippen molar-refractivity contribution in [1.29, 1.82) is 0 Å². The molecule has 0 saturated carbocycles. The van der Waals surface area contributed by atoms with E-state index in [9.17, 15) is 17.6 Å². The molecule has 0 bridgehead atoms. The van der Waals surface area contributed by atoms with Crippen molar-refractivity contribution in [3.8, 4) is 0 Å². The quantitative estimate of drug-likeness (QED) is 0.696. The van der Waals surface area contributed by atoms with E-state index in [0.29, 0.717) is 25.1 Å². The average molecular weight is 434 g/mol. The molecule has 1 aliphatic heterocycles. The third kappa shape index (κ3) is 6.10. The molecule has 6 nitrogen and oxygen atoms in total. The lowest BCUT2D eigenvalue weighted by Gasteiger charge is -2.34. The molecule has 1 aliphatic rings. The van der Waals surface area contributed by atoms with E-state index in [4.69, 9.17) is 0 Å². The van der Waals surface area contributed by atoms with E-state index in [1.165, 1.54) is 26.3 Å². The average Bonchev–Trinajstić information content (AvgIpc) is 2.72. The van der Waals surface area contributed by atoms with Crippen LogP contribution in [0.25, 0.3) is 0 Å². The fourth-order valence-electron chi connectivity index (χ4n) is 3.51. The number of nitrogens with one attached hydrogen (secondary N) is 1. The smallest absolute Gasteiger partial charge is 0.282 e. The predicted octanol–water partition coefficient (Wildman–Crippen LogP) is 2.72. The Kier molecular flexibility index (Phi) is 7.58. The summed E-state index contributed by atoms with van der Waals surface area (Å²) >= 11 is 0. The fraction of sp³-hybridized carbons (Fsp3) is 0.409. The molecule has 2 aromatic rings. The Morgan fingerprint density at radius 3 is 2.40 bits per heavy atom. The summed E-state index contributed by atoms with van der Waals surface area (Å²) in [6.45, 7) is 2.58. The van der Waals surface area contributed by atoms with Crippen LogP contribution >= 0.6 is 0 Å². The van der Waals surface area contributed by atoms with Crippen LogP contribution in [0.4, 0.5) is 4.39 Å². The maximum atomic E-state index is 13.1. The van der Waals surface area contributed by atoms with Crippen LogP contribution < -0.4 is 5.32 Å². The normalized spacial score (nSPS) is 18.1. The molecule has 1 atom stereocenters. The van der Waals surface area contributed by atoms with E-state index >= 15 is 0 Å². The van der Waals surface area contributed by atoms with Crippen molar-refractivity contribution in [2.75, 3.05) is 19.6 Å². The first-order valence-corrected chi connectivity index (χ1v) is 11.6. The summed E-state index contributed by atoms with van der Waals surface area (Å²) in [5, 5.41) is 2.90. The second-order valence-corrected chi connectivity index (χ2v) is 9.58. The van der Waals surface area contributed by atoms with Gasteiger partial charge in [-0.3, -0.25) is 4.79 Å². The Morgan fingerprint density at radius 1 is 1.03 bits per heavy atom. The second kappa shape index (κ2) is 10.1. The zero-order valence-electron chi connectivity index (χ0n) is 17.1. The number of halogens is 1. The number of hydrogen-bond acceptors (Lipinski definition) is 3. The first-order chi connectivity index (χ1) is 14.3. The van der Waals surface area contributed by atoms with Crippen LogP contribution in [0, 0.1) is 5.82 Å². The highest BCUT2D eigenvalue weighted by Crippen LogP contribution is 2.19. The molecule has 1 saturated heterocycles. The minimum absolute atomic E-state index is 0.0551. The van der Waals surface area contributed by atoms with E-state index < -0.39 is 10.2 Å². The summed E-state index contributed by atoms with van der Waals surface area (Å²) in [4.78, 5) is 12.4. The van der Waals surface area contributed by atoms with Gasteiger partial charge in [-0.2, -0.15) is 17.0 Å². The van der Waals surface area contributed by atoms with Gasteiger partial charge in [-0.05, 0) is 49.4 Å². The molecular weight excluding hydrogens is 405 g/mol. The number of rotatable bonds is 8. The molecule has 1 amide bonds. The maximum absolute atomic E-state index is 13.1. The third-order valence-electron chi connectivity index (χ3n) is 5.18. The lowest BCUT2D eigenvalue weighted by atomic mass is 10.1. The number of benzene rings is 2. The molecule has 0 aromatic heterocycles. The van der Waals surface area contributed by atoms with Gasteiger partial charge in [-0.25, -0.2) is 4.39 Å². The van der Waals surface area contributed by atoms with E-state index in [1.54, 1.807) is 12.1 Å². The first-order valence-electron chi connectivity index (χ1n) is 10.2. The van der Waals surface area contributed by atoms with Crippen molar-refractivity contribution in [1.82, 2.24) is 13.9 Å². The van der Waals surface area contributed by atoms with Crippen LogP contribution in [-0.4, -0.2) is 48.6 Å². The Hall–Kier alpha value is -2.29. The number of aryl methyl sites for hydroxylation is 1. The van der Waals surface area contributed by atoms with E-state index in [2.05, 4.69) is 5.32 Å². The minimum Gasteiger partial charge on any atom is -0.352 e. The van der Waals surface area contributed by atoms with Crippen molar-refractivity contribution < 1.29 is 17.6 Å². The van der Waals surface area contributed by atoms with Gasteiger partial charge in [0.15, 0.2) is 0 Å². The maximum Gasteiger partial charge on any atom is 0.282 e. The molecule has 0 spiro atoms. The standard InChI is InChI=1S/C22H28FN3O3S/c1-18(8-9-19-6-3-2-4-7-19)24-22(27)17-26-15-5-14-25(30(26,28)29)16-20-10-12-21(23)13-11-20/h2-4,6-7,10-13,18H,5,8-9,14-17H2,1H3,(H,24,27). The van der Waals surface area contributed by atoms with Gasteiger partial charge in [-0.15, -0.1) is 0 Å². The fourth-order valence-corrected chi connectivity index (χ4v) is 5.15. The van der Waals surface area contributed by atoms with Crippen LogP contribution in [0.1, 0.15) is 30.9 Å². The van der Waals surface area contributed by atoms with Crippen molar-refractivity contribution >= 4 is 16.1 Å². The lowest BCUT2D eigenvalue weighted by Crippen LogP contribution is -2.52. The zero-order chi connectivity index (χ0) is 21.6. The number of amides is 1. The summed E-state index contributed by atoms with van der Waals surface area (Å²) < 4.78 is 41.5.